The summed E-state index contributed by atoms with van der Waals surface area (Å²) in [7, 11) is -2.00. The van der Waals surface area contributed by atoms with Crippen molar-refractivity contribution in [2.45, 2.75) is 32.8 Å². The summed E-state index contributed by atoms with van der Waals surface area (Å²) in [4.78, 5) is 10.9. The summed E-state index contributed by atoms with van der Waals surface area (Å²) in [6.45, 7) is 4.94. The minimum atomic E-state index is -3.52. The molecule has 0 unspecified atom stereocenters. The molecule has 1 fully saturated rings. The Bertz CT molecular complexity index is 416. The third-order valence-corrected chi connectivity index (χ3v) is 5.37. The zero-order chi connectivity index (χ0) is 15.3. The van der Waals surface area contributed by atoms with Crippen LogP contribution < -0.4 is 0 Å². The van der Waals surface area contributed by atoms with Crippen LogP contribution in [0.5, 0.6) is 0 Å². The molecule has 20 heavy (non-hydrogen) atoms. The molecule has 1 saturated heterocycles. The van der Waals surface area contributed by atoms with Crippen LogP contribution in [0.2, 0.25) is 0 Å². The van der Waals surface area contributed by atoms with Gasteiger partial charge in [-0.25, -0.2) is 0 Å². The average molecular weight is 308 g/mol. The zero-order valence-corrected chi connectivity index (χ0v) is 13.1. The van der Waals surface area contributed by atoms with E-state index >= 15 is 0 Å². The Kier molecular flexibility index (Phi) is 6.38. The molecular formula is C12H24N2O5S. The molecule has 1 heterocycles. The van der Waals surface area contributed by atoms with Crippen molar-refractivity contribution in [1.82, 2.24) is 8.61 Å². The number of rotatable bonds is 7. The number of hydrogen-bond donors (Lipinski definition) is 1. The molecule has 8 heteroatoms. The van der Waals surface area contributed by atoms with Gasteiger partial charge in [-0.15, -0.1) is 0 Å². The number of hydrogen-bond acceptors (Lipinski definition) is 4. The normalized spacial score (nSPS) is 18.9. The fraction of sp³-hybridized carbons (Fsp3) is 0.917. The van der Waals surface area contributed by atoms with Gasteiger partial charge < -0.3 is 9.84 Å². The molecule has 1 aliphatic heterocycles. The van der Waals surface area contributed by atoms with Gasteiger partial charge in [0, 0.05) is 26.7 Å². The van der Waals surface area contributed by atoms with Crippen LogP contribution in [0.25, 0.3) is 0 Å². The maximum absolute atomic E-state index is 12.3. The Hall–Kier alpha value is -0.700. The summed E-state index contributed by atoms with van der Waals surface area (Å²) in [5, 5.41) is 8.91. The summed E-state index contributed by atoms with van der Waals surface area (Å²) >= 11 is 0. The smallest absolute Gasteiger partial charge is 0.306 e. The van der Waals surface area contributed by atoms with Gasteiger partial charge in [-0.1, -0.05) is 0 Å². The first-order valence-electron chi connectivity index (χ1n) is 6.81. The van der Waals surface area contributed by atoms with Crippen LogP contribution in [0.15, 0.2) is 0 Å². The Morgan fingerprint density at radius 3 is 2.40 bits per heavy atom. The number of carboxylic acid groups (broad SMARTS) is 1. The van der Waals surface area contributed by atoms with Gasteiger partial charge in [0.1, 0.15) is 0 Å². The third-order valence-electron chi connectivity index (χ3n) is 3.38. The van der Waals surface area contributed by atoms with Crippen LogP contribution in [0.1, 0.15) is 26.7 Å². The highest BCUT2D eigenvalue weighted by Gasteiger charge is 2.33. The van der Waals surface area contributed by atoms with Crippen LogP contribution in [-0.4, -0.2) is 67.5 Å². The maximum atomic E-state index is 12.3. The predicted octanol–water partition coefficient (Wildman–Crippen LogP) is 0.385. The zero-order valence-electron chi connectivity index (χ0n) is 12.3. The lowest BCUT2D eigenvalue weighted by Crippen LogP contribution is -2.47. The number of aliphatic carboxylic acids is 1. The number of likely N-dealkylation sites (N-methyl/N-ethyl adjacent to an activating group) is 1. The van der Waals surface area contributed by atoms with E-state index in [2.05, 4.69) is 0 Å². The summed E-state index contributed by atoms with van der Waals surface area (Å²) in [6, 6.07) is 0. The van der Waals surface area contributed by atoms with Gasteiger partial charge in [-0.3, -0.25) is 4.79 Å². The van der Waals surface area contributed by atoms with Crippen LogP contribution in [0, 0.1) is 5.92 Å². The lowest BCUT2D eigenvalue weighted by atomic mass is 9.99. The van der Waals surface area contributed by atoms with Crippen LogP contribution >= 0.6 is 0 Å². The van der Waals surface area contributed by atoms with E-state index in [4.69, 9.17) is 9.84 Å². The quantitative estimate of drug-likeness (QED) is 0.735. The first-order chi connectivity index (χ1) is 9.25. The highest BCUT2D eigenvalue weighted by atomic mass is 32.2. The molecule has 1 rings (SSSR count). The highest BCUT2D eigenvalue weighted by Crippen LogP contribution is 2.20. The minimum Gasteiger partial charge on any atom is -0.481 e. The van der Waals surface area contributed by atoms with Crippen molar-refractivity contribution in [2.24, 2.45) is 5.92 Å². The monoisotopic (exact) mass is 308 g/mol. The van der Waals surface area contributed by atoms with Gasteiger partial charge in [-0.05, 0) is 26.7 Å². The number of ether oxygens (including phenoxy) is 1. The molecule has 0 amide bonds. The predicted molar refractivity (Wildman–Crippen MR) is 74.6 cm³/mol. The number of carboxylic acids is 1. The fourth-order valence-corrected chi connectivity index (χ4v) is 3.43. The van der Waals surface area contributed by atoms with Crippen molar-refractivity contribution >= 4 is 16.2 Å². The Morgan fingerprint density at radius 1 is 1.40 bits per heavy atom. The van der Waals surface area contributed by atoms with Crippen LogP contribution in [0.3, 0.4) is 0 Å². The van der Waals surface area contributed by atoms with E-state index in [0.29, 0.717) is 26.0 Å². The standard InChI is InChI=1S/C12H24N2O5S/c1-10(2)19-9-8-13(3)20(17,18)14-6-4-11(5-7-14)12(15)16/h10-11H,4-9H2,1-3H3,(H,15,16). The molecule has 1 N–H and O–H groups in total. The topological polar surface area (TPSA) is 87.2 Å². The molecule has 0 aromatic heterocycles. The number of carbonyl (C=O) groups is 1. The molecular weight excluding hydrogens is 284 g/mol. The van der Waals surface area contributed by atoms with Gasteiger partial charge in [0.2, 0.25) is 0 Å². The van der Waals surface area contributed by atoms with Crippen LogP contribution in [-0.2, 0) is 19.7 Å². The second kappa shape index (κ2) is 7.35. The number of nitrogens with zero attached hydrogens (tertiary/aromatic N) is 2. The van der Waals surface area contributed by atoms with Crippen molar-refractivity contribution < 1.29 is 23.1 Å². The van der Waals surface area contributed by atoms with Crippen molar-refractivity contribution in [2.75, 3.05) is 33.3 Å². The van der Waals surface area contributed by atoms with E-state index in [0.717, 1.165) is 0 Å². The molecule has 0 aromatic rings. The minimum absolute atomic E-state index is 0.0671. The van der Waals surface area contributed by atoms with E-state index in [1.165, 1.54) is 15.7 Å². The van der Waals surface area contributed by atoms with E-state index < -0.39 is 22.1 Å². The molecule has 1 aliphatic rings. The van der Waals surface area contributed by atoms with Gasteiger partial charge in [0.15, 0.2) is 0 Å². The number of piperidine rings is 1. The molecule has 7 nitrogen and oxygen atoms in total. The Labute approximate surface area is 120 Å². The Balaban J connectivity index is 2.50. The van der Waals surface area contributed by atoms with E-state index in [1.807, 2.05) is 13.8 Å². The highest BCUT2D eigenvalue weighted by molar-refractivity contribution is 7.86. The maximum Gasteiger partial charge on any atom is 0.306 e. The Morgan fingerprint density at radius 2 is 1.95 bits per heavy atom. The largest absolute Gasteiger partial charge is 0.481 e. The molecule has 0 radical (unpaired) electrons. The summed E-state index contributed by atoms with van der Waals surface area (Å²) in [5.41, 5.74) is 0. The average Bonchev–Trinajstić information content (AvgIpc) is 2.38. The van der Waals surface area contributed by atoms with Crippen LogP contribution in [0.4, 0.5) is 0 Å². The summed E-state index contributed by atoms with van der Waals surface area (Å²) in [5.74, 6) is -1.28. The molecule has 0 spiro atoms. The van der Waals surface area contributed by atoms with Gasteiger partial charge in [-0.2, -0.15) is 17.0 Å². The molecule has 118 valence electrons. The summed E-state index contributed by atoms with van der Waals surface area (Å²) < 4.78 is 32.5. The molecule has 0 aromatic carbocycles. The first-order valence-corrected chi connectivity index (χ1v) is 8.20. The van der Waals surface area contributed by atoms with Crippen molar-refractivity contribution in [1.29, 1.82) is 0 Å². The van der Waals surface area contributed by atoms with Gasteiger partial charge >= 0.3 is 5.97 Å². The van der Waals surface area contributed by atoms with Crippen molar-refractivity contribution in [3.63, 3.8) is 0 Å². The fourth-order valence-electron chi connectivity index (χ4n) is 2.06. The molecule has 0 bridgehead atoms. The second-order valence-corrected chi connectivity index (χ2v) is 7.30. The van der Waals surface area contributed by atoms with Crippen molar-refractivity contribution in [3.8, 4) is 0 Å². The lowest BCUT2D eigenvalue weighted by molar-refractivity contribution is -0.142. The SMILES string of the molecule is CC(C)OCCN(C)S(=O)(=O)N1CCC(C(=O)O)CC1. The first kappa shape index (κ1) is 17.4. The third kappa shape index (κ3) is 4.69. The van der Waals surface area contributed by atoms with Crippen molar-refractivity contribution in [3.05, 3.63) is 0 Å². The van der Waals surface area contributed by atoms with E-state index in [1.54, 1.807) is 0 Å². The molecule has 0 saturated carbocycles. The van der Waals surface area contributed by atoms with Gasteiger partial charge in [0.25, 0.3) is 10.2 Å². The van der Waals surface area contributed by atoms with E-state index in [-0.39, 0.29) is 19.2 Å². The second-order valence-electron chi connectivity index (χ2n) is 5.26. The molecule has 0 aliphatic carbocycles. The molecule has 0 atom stereocenters. The van der Waals surface area contributed by atoms with E-state index in [9.17, 15) is 13.2 Å². The van der Waals surface area contributed by atoms with Gasteiger partial charge in [0.05, 0.1) is 18.6 Å². The summed E-state index contributed by atoms with van der Waals surface area (Å²) in [6.07, 6.45) is 0.799. The lowest BCUT2D eigenvalue weighted by Gasteiger charge is -2.32.